The van der Waals surface area contributed by atoms with E-state index < -0.39 is 0 Å². The molecule has 0 unspecified atom stereocenters. The Morgan fingerprint density at radius 1 is 1.15 bits per heavy atom. The number of benzene rings is 1. The van der Waals surface area contributed by atoms with E-state index in [0.717, 1.165) is 54.4 Å². The van der Waals surface area contributed by atoms with Crippen molar-refractivity contribution in [2.45, 2.75) is 45.1 Å². The van der Waals surface area contributed by atoms with Crippen molar-refractivity contribution in [2.24, 2.45) is 0 Å². The topological polar surface area (TPSA) is 88.3 Å². The lowest BCUT2D eigenvalue weighted by atomic mass is 9.87. The van der Waals surface area contributed by atoms with Crippen molar-refractivity contribution in [3.05, 3.63) is 41.3 Å². The van der Waals surface area contributed by atoms with Crippen LogP contribution in [0.15, 0.2) is 24.4 Å². The monoisotopic (exact) mass is 472 g/mol. The van der Waals surface area contributed by atoms with Crippen LogP contribution in [0.3, 0.4) is 0 Å². The van der Waals surface area contributed by atoms with E-state index in [2.05, 4.69) is 36.2 Å². The average molecular weight is 473 g/mol. The van der Waals surface area contributed by atoms with Gasteiger partial charge in [-0.05, 0) is 62.0 Å². The Balaban J connectivity index is 0.00000259. The van der Waals surface area contributed by atoms with E-state index in [4.69, 9.17) is 19.8 Å². The smallest absolute Gasteiger partial charge is 0.159 e. The number of halogens is 1. The van der Waals surface area contributed by atoms with Crippen LogP contribution in [0.25, 0.3) is 16.7 Å². The molecule has 1 aromatic carbocycles. The normalized spacial score (nSPS) is 19.6. The zero-order chi connectivity index (χ0) is 22.1. The van der Waals surface area contributed by atoms with Crippen molar-refractivity contribution in [3.63, 3.8) is 0 Å². The van der Waals surface area contributed by atoms with Crippen LogP contribution < -0.4 is 10.2 Å². The largest absolute Gasteiger partial charge is 0.394 e. The second-order valence-electron chi connectivity index (χ2n) is 8.82. The van der Waals surface area contributed by atoms with E-state index in [1.165, 1.54) is 24.0 Å². The highest BCUT2D eigenvalue weighted by Gasteiger charge is 2.23. The van der Waals surface area contributed by atoms with Crippen LogP contribution >= 0.6 is 12.4 Å². The molecule has 2 aliphatic rings. The summed E-state index contributed by atoms with van der Waals surface area (Å²) >= 11 is 0. The van der Waals surface area contributed by atoms with Crippen LogP contribution in [0, 0.1) is 6.92 Å². The van der Waals surface area contributed by atoms with Gasteiger partial charge >= 0.3 is 0 Å². The summed E-state index contributed by atoms with van der Waals surface area (Å²) in [6.45, 7) is 8.38. The number of piperidine rings is 1. The highest BCUT2D eigenvalue weighted by atomic mass is 35.5. The van der Waals surface area contributed by atoms with Gasteiger partial charge in [0.05, 0.1) is 31.0 Å². The minimum Gasteiger partial charge on any atom is -0.394 e. The van der Waals surface area contributed by atoms with E-state index in [1.54, 1.807) is 0 Å². The van der Waals surface area contributed by atoms with Gasteiger partial charge < -0.3 is 20.1 Å². The third-order valence-corrected chi connectivity index (χ3v) is 6.68. The summed E-state index contributed by atoms with van der Waals surface area (Å²) in [7, 11) is 0. The molecule has 3 aromatic rings. The van der Waals surface area contributed by atoms with Gasteiger partial charge in [0.1, 0.15) is 11.6 Å². The fraction of sp³-hybridized carbons (Fsp3) is 0.542. The van der Waals surface area contributed by atoms with Crippen molar-refractivity contribution < 1.29 is 9.84 Å². The van der Waals surface area contributed by atoms with Gasteiger partial charge in [-0.2, -0.15) is 5.10 Å². The number of hydrogen-bond donors (Lipinski definition) is 2. The first kappa shape index (κ1) is 23.9. The van der Waals surface area contributed by atoms with Gasteiger partial charge in [0.2, 0.25) is 0 Å². The fourth-order valence-corrected chi connectivity index (χ4v) is 4.90. The van der Waals surface area contributed by atoms with E-state index in [9.17, 15) is 5.11 Å². The number of aliphatic hydroxyl groups is 1. The van der Waals surface area contributed by atoms with Gasteiger partial charge in [0, 0.05) is 31.0 Å². The van der Waals surface area contributed by atoms with Gasteiger partial charge in [0.25, 0.3) is 0 Å². The Morgan fingerprint density at radius 3 is 2.70 bits per heavy atom. The number of anilines is 1. The number of nitrogens with one attached hydrogen (secondary N) is 1. The summed E-state index contributed by atoms with van der Waals surface area (Å²) in [6.07, 6.45) is 4.82. The molecule has 5 rings (SSSR count). The molecule has 2 aliphatic heterocycles. The molecule has 9 heteroatoms. The maximum absolute atomic E-state index is 9.53. The van der Waals surface area contributed by atoms with E-state index in [1.807, 2.05) is 16.9 Å². The number of fused-ring (bicyclic) bond motifs is 1. The predicted octanol–water partition coefficient (Wildman–Crippen LogP) is 2.77. The van der Waals surface area contributed by atoms with Crippen LogP contribution in [0.5, 0.6) is 0 Å². The molecule has 2 aromatic heterocycles. The number of aryl methyl sites for hydroxylation is 2. The van der Waals surface area contributed by atoms with Crippen molar-refractivity contribution >= 4 is 29.1 Å². The maximum Gasteiger partial charge on any atom is 0.159 e. The summed E-state index contributed by atoms with van der Waals surface area (Å²) in [6, 6.07) is 6.58. The summed E-state index contributed by atoms with van der Waals surface area (Å²) < 4.78 is 7.57. The lowest BCUT2D eigenvalue weighted by Gasteiger charge is -2.33. The van der Waals surface area contributed by atoms with Crippen LogP contribution in [-0.4, -0.2) is 70.4 Å². The van der Waals surface area contributed by atoms with Gasteiger partial charge in [-0.15, -0.1) is 12.4 Å². The molecule has 2 N–H and O–H groups in total. The molecule has 2 fully saturated rings. The summed E-state index contributed by atoms with van der Waals surface area (Å²) in [5.41, 5.74) is 3.85. The molecule has 1 atom stereocenters. The first-order chi connectivity index (χ1) is 15.7. The Bertz CT molecular complexity index is 1100. The quantitative estimate of drug-likeness (QED) is 0.590. The minimum atomic E-state index is -0.187. The predicted molar refractivity (Wildman–Crippen MR) is 132 cm³/mol. The highest BCUT2D eigenvalue weighted by molar-refractivity contribution is 5.85. The minimum absolute atomic E-state index is 0. The number of aliphatic hydroxyl groups excluding tert-OH is 1. The standard InChI is InChI=1S/C24H32N6O2.ClH/c1-3-22-27-23(29-8-9-32-19(14-29)15-31)12-24(28-22)30-21-11-20(17-4-6-25-7-5-17)16(2)10-18(21)13-26-30;/h10-13,17,19,25,31H,3-9,14-15H2,1-2H3;1H/t19-;/m1./s1. The molecule has 2 saturated heterocycles. The van der Waals surface area contributed by atoms with Crippen molar-refractivity contribution in [1.82, 2.24) is 25.1 Å². The molecule has 0 aliphatic carbocycles. The molecule has 0 radical (unpaired) electrons. The molecule has 4 heterocycles. The Hall–Kier alpha value is -2.26. The van der Waals surface area contributed by atoms with E-state index in [-0.39, 0.29) is 25.1 Å². The number of rotatable bonds is 5. The van der Waals surface area contributed by atoms with Crippen molar-refractivity contribution in [3.8, 4) is 5.82 Å². The number of ether oxygens (including phenoxy) is 1. The van der Waals surface area contributed by atoms with Crippen molar-refractivity contribution in [1.29, 1.82) is 0 Å². The lowest BCUT2D eigenvalue weighted by Crippen LogP contribution is -2.44. The molecule has 0 amide bonds. The SMILES string of the molecule is CCc1nc(N2CCO[C@@H](CO)C2)cc(-n2ncc3cc(C)c(C4CCNCC4)cc32)n1.Cl. The van der Waals surface area contributed by atoms with Crippen LogP contribution in [-0.2, 0) is 11.2 Å². The Kier molecular flexibility index (Phi) is 7.48. The second-order valence-corrected chi connectivity index (χ2v) is 8.82. The van der Waals surface area contributed by atoms with Gasteiger partial charge in [-0.25, -0.2) is 14.6 Å². The van der Waals surface area contributed by atoms with Crippen LogP contribution in [0.1, 0.15) is 42.6 Å². The molecule has 0 bridgehead atoms. The van der Waals surface area contributed by atoms with Gasteiger partial charge in [-0.1, -0.05) is 6.92 Å². The van der Waals surface area contributed by atoms with Crippen LogP contribution in [0.2, 0.25) is 0 Å². The maximum atomic E-state index is 9.53. The molecule has 8 nitrogen and oxygen atoms in total. The number of hydrogen-bond acceptors (Lipinski definition) is 7. The Labute approximate surface area is 200 Å². The lowest BCUT2D eigenvalue weighted by molar-refractivity contribution is 0.00334. The van der Waals surface area contributed by atoms with E-state index >= 15 is 0 Å². The van der Waals surface area contributed by atoms with Crippen molar-refractivity contribution in [2.75, 3.05) is 44.3 Å². The molecule has 0 spiro atoms. The highest BCUT2D eigenvalue weighted by Crippen LogP contribution is 2.32. The molecular formula is C24H33ClN6O2. The molecule has 33 heavy (non-hydrogen) atoms. The van der Waals surface area contributed by atoms with Gasteiger partial charge in [0.15, 0.2) is 5.82 Å². The van der Waals surface area contributed by atoms with Crippen LogP contribution in [0.4, 0.5) is 5.82 Å². The first-order valence-electron chi connectivity index (χ1n) is 11.7. The average Bonchev–Trinajstić information content (AvgIpc) is 3.26. The summed E-state index contributed by atoms with van der Waals surface area (Å²) in [5, 5.41) is 18.8. The van der Waals surface area contributed by atoms with Gasteiger partial charge in [-0.3, -0.25) is 0 Å². The summed E-state index contributed by atoms with van der Waals surface area (Å²) in [4.78, 5) is 11.8. The number of morpholine rings is 1. The fourth-order valence-electron chi connectivity index (χ4n) is 4.90. The second kappa shape index (κ2) is 10.3. The first-order valence-corrected chi connectivity index (χ1v) is 11.7. The third-order valence-electron chi connectivity index (χ3n) is 6.68. The number of nitrogens with zero attached hydrogens (tertiary/aromatic N) is 5. The third kappa shape index (κ3) is 4.84. The molecule has 0 saturated carbocycles. The number of aromatic nitrogens is 4. The Morgan fingerprint density at radius 2 is 1.94 bits per heavy atom. The van der Waals surface area contributed by atoms with E-state index in [0.29, 0.717) is 19.1 Å². The molecule has 178 valence electrons. The zero-order valence-electron chi connectivity index (χ0n) is 19.3. The zero-order valence-corrected chi connectivity index (χ0v) is 20.1. The summed E-state index contributed by atoms with van der Waals surface area (Å²) in [5.74, 6) is 3.02. The molecular weight excluding hydrogens is 440 g/mol.